The summed E-state index contributed by atoms with van der Waals surface area (Å²) in [5.41, 5.74) is 3.94. The van der Waals surface area contributed by atoms with Crippen LogP contribution in [0.1, 0.15) is 47.8 Å². The topological polar surface area (TPSA) is 50.2 Å². The molecular formula is C20H28N4O. The van der Waals surface area contributed by atoms with Gasteiger partial charge >= 0.3 is 0 Å². The third-order valence-electron chi connectivity index (χ3n) is 4.93. The van der Waals surface area contributed by atoms with Crippen LogP contribution in [0, 0.1) is 12.8 Å². The first kappa shape index (κ1) is 17.7. The number of likely N-dealkylation sites (tertiary alicyclic amines) is 1. The third kappa shape index (κ3) is 3.61. The second-order valence-corrected chi connectivity index (χ2v) is 7.31. The lowest BCUT2D eigenvalue weighted by Crippen LogP contribution is -2.31. The second kappa shape index (κ2) is 7.40. The molecule has 2 aromatic rings. The minimum atomic E-state index is 0.112. The number of carbonyl (C=O) groups excluding carboxylic acids is 1. The summed E-state index contributed by atoms with van der Waals surface area (Å²) in [6.45, 7) is 8.92. The average Bonchev–Trinajstić information content (AvgIpc) is 3.22. The molecule has 1 N–H and O–H groups in total. The Balaban J connectivity index is 1.89. The van der Waals surface area contributed by atoms with E-state index >= 15 is 0 Å². The van der Waals surface area contributed by atoms with Gasteiger partial charge in [-0.05, 0) is 50.9 Å². The number of hydrogen-bond donors (Lipinski definition) is 1. The number of carbonyl (C=O) groups is 1. The Morgan fingerprint density at radius 1 is 1.32 bits per heavy atom. The summed E-state index contributed by atoms with van der Waals surface area (Å²) in [6, 6.07) is 8.26. The number of aryl methyl sites for hydroxylation is 1. The molecule has 2 heterocycles. The van der Waals surface area contributed by atoms with E-state index in [9.17, 15) is 4.79 Å². The smallest absolute Gasteiger partial charge is 0.257 e. The van der Waals surface area contributed by atoms with Crippen LogP contribution in [0.25, 0.3) is 5.69 Å². The molecule has 1 saturated heterocycles. The van der Waals surface area contributed by atoms with Crippen LogP contribution in [0.15, 0.2) is 30.5 Å². The van der Waals surface area contributed by atoms with E-state index in [1.807, 2.05) is 16.6 Å². The van der Waals surface area contributed by atoms with Gasteiger partial charge in [0.1, 0.15) is 0 Å². The molecule has 25 heavy (non-hydrogen) atoms. The van der Waals surface area contributed by atoms with E-state index < -0.39 is 0 Å². The van der Waals surface area contributed by atoms with Crippen molar-refractivity contribution in [1.82, 2.24) is 20.0 Å². The molecule has 0 spiro atoms. The summed E-state index contributed by atoms with van der Waals surface area (Å²) < 4.78 is 1.92. The molecule has 5 heteroatoms. The maximum atomic E-state index is 13.1. The highest BCUT2D eigenvalue weighted by atomic mass is 16.2. The number of nitrogens with one attached hydrogen (secondary N) is 1. The standard InChI is InChI=1S/C20H28N4O/c1-14(2)19-18(20(25)23-10-9-16(13-23)11-21-4)12-22-24(19)17-7-5-15(3)6-8-17/h5-8,12,14,16,21H,9-11,13H2,1-4H3. The van der Waals surface area contributed by atoms with Crippen molar-refractivity contribution >= 4 is 5.91 Å². The lowest BCUT2D eigenvalue weighted by molar-refractivity contribution is 0.0785. The van der Waals surface area contributed by atoms with Crippen LogP contribution in [-0.4, -0.2) is 47.3 Å². The van der Waals surface area contributed by atoms with E-state index in [-0.39, 0.29) is 11.8 Å². The van der Waals surface area contributed by atoms with Crippen LogP contribution in [0.3, 0.4) is 0 Å². The predicted molar refractivity (Wildman–Crippen MR) is 100 cm³/mol. The first-order valence-electron chi connectivity index (χ1n) is 9.10. The quantitative estimate of drug-likeness (QED) is 0.910. The van der Waals surface area contributed by atoms with Gasteiger partial charge in [-0.25, -0.2) is 4.68 Å². The largest absolute Gasteiger partial charge is 0.338 e. The summed E-state index contributed by atoms with van der Waals surface area (Å²) in [5, 5.41) is 7.76. The van der Waals surface area contributed by atoms with Crippen LogP contribution in [0.5, 0.6) is 0 Å². The van der Waals surface area contributed by atoms with Gasteiger partial charge in [0.2, 0.25) is 0 Å². The van der Waals surface area contributed by atoms with Gasteiger partial charge < -0.3 is 10.2 Å². The van der Waals surface area contributed by atoms with Gasteiger partial charge in [-0.15, -0.1) is 0 Å². The van der Waals surface area contributed by atoms with Gasteiger partial charge in [-0.3, -0.25) is 4.79 Å². The van der Waals surface area contributed by atoms with Crippen molar-refractivity contribution in [2.45, 2.75) is 33.1 Å². The number of aromatic nitrogens is 2. The average molecular weight is 340 g/mol. The monoisotopic (exact) mass is 340 g/mol. The molecule has 0 saturated carbocycles. The Morgan fingerprint density at radius 3 is 2.68 bits per heavy atom. The predicted octanol–water partition coefficient (Wildman–Crippen LogP) is 2.99. The van der Waals surface area contributed by atoms with Gasteiger partial charge in [-0.1, -0.05) is 31.5 Å². The lowest BCUT2D eigenvalue weighted by atomic mass is 10.0. The van der Waals surface area contributed by atoms with Gasteiger partial charge in [0.15, 0.2) is 0 Å². The first-order chi connectivity index (χ1) is 12.0. The second-order valence-electron chi connectivity index (χ2n) is 7.31. The molecule has 0 aliphatic carbocycles. The zero-order valence-corrected chi connectivity index (χ0v) is 15.6. The summed E-state index contributed by atoms with van der Waals surface area (Å²) in [5.74, 6) is 0.878. The van der Waals surface area contributed by atoms with Gasteiger partial charge in [-0.2, -0.15) is 5.10 Å². The van der Waals surface area contributed by atoms with Crippen molar-refractivity contribution < 1.29 is 4.79 Å². The lowest BCUT2D eigenvalue weighted by Gasteiger charge is -2.18. The summed E-state index contributed by atoms with van der Waals surface area (Å²) >= 11 is 0. The minimum absolute atomic E-state index is 0.112. The van der Waals surface area contributed by atoms with Gasteiger partial charge in [0, 0.05) is 13.1 Å². The molecule has 1 aliphatic heterocycles. The van der Waals surface area contributed by atoms with Crippen molar-refractivity contribution in [3.05, 3.63) is 47.3 Å². The molecule has 1 amide bonds. The number of rotatable bonds is 5. The summed E-state index contributed by atoms with van der Waals surface area (Å²) in [7, 11) is 1.97. The fourth-order valence-corrected chi connectivity index (χ4v) is 3.61. The molecule has 0 bridgehead atoms. The molecule has 1 fully saturated rings. The number of amides is 1. The molecule has 5 nitrogen and oxygen atoms in total. The Morgan fingerprint density at radius 2 is 2.04 bits per heavy atom. The van der Waals surface area contributed by atoms with E-state index in [2.05, 4.69) is 55.5 Å². The Hall–Kier alpha value is -2.14. The maximum absolute atomic E-state index is 13.1. The fourth-order valence-electron chi connectivity index (χ4n) is 3.61. The van der Waals surface area contributed by atoms with E-state index in [0.29, 0.717) is 5.92 Å². The third-order valence-corrected chi connectivity index (χ3v) is 4.93. The van der Waals surface area contributed by atoms with E-state index in [1.165, 1.54) is 5.56 Å². The highest BCUT2D eigenvalue weighted by Crippen LogP contribution is 2.26. The van der Waals surface area contributed by atoms with Gasteiger partial charge in [0.25, 0.3) is 5.91 Å². The Kier molecular flexibility index (Phi) is 5.23. The Bertz CT molecular complexity index is 733. The minimum Gasteiger partial charge on any atom is -0.338 e. The molecule has 1 unspecified atom stereocenters. The molecular weight excluding hydrogens is 312 g/mol. The number of nitrogens with zero attached hydrogens (tertiary/aromatic N) is 3. The molecule has 0 radical (unpaired) electrons. The van der Waals surface area contributed by atoms with Crippen LogP contribution in [0.4, 0.5) is 0 Å². The number of hydrogen-bond acceptors (Lipinski definition) is 3. The maximum Gasteiger partial charge on any atom is 0.257 e. The van der Waals surface area contributed by atoms with Crippen molar-refractivity contribution in [3.63, 3.8) is 0 Å². The summed E-state index contributed by atoms with van der Waals surface area (Å²) in [4.78, 5) is 15.0. The highest BCUT2D eigenvalue weighted by Gasteiger charge is 2.30. The molecule has 1 aromatic carbocycles. The molecule has 1 aliphatic rings. The zero-order valence-electron chi connectivity index (χ0n) is 15.6. The highest BCUT2D eigenvalue weighted by molar-refractivity contribution is 5.95. The van der Waals surface area contributed by atoms with Gasteiger partial charge in [0.05, 0.1) is 23.1 Å². The van der Waals surface area contributed by atoms with Crippen molar-refractivity contribution in [3.8, 4) is 5.69 Å². The van der Waals surface area contributed by atoms with Crippen molar-refractivity contribution in [2.75, 3.05) is 26.7 Å². The van der Waals surface area contributed by atoms with Crippen LogP contribution in [0.2, 0.25) is 0 Å². The Labute approximate surface area is 150 Å². The molecule has 1 aromatic heterocycles. The normalized spacial score (nSPS) is 17.5. The number of benzene rings is 1. The van der Waals surface area contributed by atoms with E-state index in [0.717, 1.165) is 43.0 Å². The van der Waals surface area contributed by atoms with Crippen molar-refractivity contribution in [2.24, 2.45) is 5.92 Å². The van der Waals surface area contributed by atoms with E-state index in [1.54, 1.807) is 6.20 Å². The fraction of sp³-hybridized carbons (Fsp3) is 0.500. The van der Waals surface area contributed by atoms with Crippen LogP contribution >= 0.6 is 0 Å². The molecule has 134 valence electrons. The van der Waals surface area contributed by atoms with Crippen LogP contribution in [-0.2, 0) is 0 Å². The van der Waals surface area contributed by atoms with Crippen molar-refractivity contribution in [1.29, 1.82) is 0 Å². The molecule has 3 rings (SSSR count). The SMILES string of the molecule is CNCC1CCN(C(=O)c2cnn(-c3ccc(C)cc3)c2C(C)C)C1. The molecule has 1 atom stereocenters. The van der Waals surface area contributed by atoms with E-state index in [4.69, 9.17) is 0 Å². The van der Waals surface area contributed by atoms with Crippen LogP contribution < -0.4 is 5.32 Å². The summed E-state index contributed by atoms with van der Waals surface area (Å²) in [6.07, 6.45) is 2.80. The first-order valence-corrected chi connectivity index (χ1v) is 9.10. The zero-order chi connectivity index (χ0) is 18.0.